The second kappa shape index (κ2) is 5.26. The molecule has 0 radical (unpaired) electrons. The summed E-state index contributed by atoms with van der Waals surface area (Å²) in [4.78, 5) is 0. The van der Waals surface area contributed by atoms with Crippen molar-refractivity contribution in [1.29, 1.82) is 0 Å². The van der Waals surface area contributed by atoms with E-state index in [-0.39, 0.29) is 6.04 Å². The van der Waals surface area contributed by atoms with Gasteiger partial charge in [-0.25, -0.2) is 10.9 Å². The molecule has 2 unspecified atom stereocenters. The van der Waals surface area contributed by atoms with Crippen LogP contribution in [0.1, 0.15) is 43.7 Å². The van der Waals surface area contributed by atoms with Crippen LogP contribution in [0.3, 0.4) is 0 Å². The lowest BCUT2D eigenvalue weighted by Gasteiger charge is -2.14. The molecule has 3 rings (SSSR count). The van der Waals surface area contributed by atoms with E-state index in [4.69, 9.17) is 4.74 Å². The Kier molecular flexibility index (Phi) is 3.50. The van der Waals surface area contributed by atoms with Crippen LogP contribution in [0.15, 0.2) is 24.3 Å². The van der Waals surface area contributed by atoms with Crippen LogP contribution in [0, 0.1) is 0 Å². The van der Waals surface area contributed by atoms with E-state index in [0.717, 1.165) is 5.75 Å². The highest BCUT2D eigenvalue weighted by Gasteiger charge is 2.23. The van der Waals surface area contributed by atoms with Gasteiger partial charge in [-0.1, -0.05) is 12.1 Å². The molecule has 0 amide bonds. The number of aliphatic hydroxyl groups is 1. The second-order valence-electron chi connectivity index (χ2n) is 5.19. The predicted molar refractivity (Wildman–Crippen MR) is 69.0 cm³/mol. The van der Waals surface area contributed by atoms with Gasteiger partial charge in [0.1, 0.15) is 12.0 Å². The molecule has 3 N–H and O–H groups in total. The molecular formula is C14H20N2O2. The van der Waals surface area contributed by atoms with E-state index in [1.807, 2.05) is 12.1 Å². The van der Waals surface area contributed by atoms with Gasteiger partial charge in [0.2, 0.25) is 0 Å². The van der Waals surface area contributed by atoms with Crippen LogP contribution in [-0.4, -0.2) is 17.4 Å². The molecule has 0 spiro atoms. The maximum absolute atomic E-state index is 9.41. The Morgan fingerprint density at radius 1 is 1.06 bits per heavy atom. The lowest BCUT2D eigenvalue weighted by Crippen LogP contribution is -2.30. The zero-order chi connectivity index (χ0) is 12.4. The Hall–Kier alpha value is -1.10. The van der Waals surface area contributed by atoms with E-state index in [9.17, 15) is 5.11 Å². The number of hydrogen-bond acceptors (Lipinski definition) is 4. The van der Waals surface area contributed by atoms with Crippen LogP contribution in [0.2, 0.25) is 0 Å². The second-order valence-corrected chi connectivity index (χ2v) is 5.19. The average molecular weight is 248 g/mol. The lowest BCUT2D eigenvalue weighted by atomic mass is 10.1. The summed E-state index contributed by atoms with van der Waals surface area (Å²) in [6.07, 6.45) is 5.59. The molecule has 1 aromatic rings. The Morgan fingerprint density at radius 3 is 2.39 bits per heavy atom. The molecular weight excluding hydrogens is 228 g/mol. The number of aliphatic hydroxyl groups excluding tert-OH is 1. The summed E-state index contributed by atoms with van der Waals surface area (Å²) in [6.45, 7) is 0. The number of hydrazine groups is 1. The van der Waals surface area contributed by atoms with Crippen molar-refractivity contribution in [2.75, 3.05) is 0 Å². The monoisotopic (exact) mass is 248 g/mol. The molecule has 2 aliphatic rings. The Labute approximate surface area is 107 Å². The van der Waals surface area contributed by atoms with Crippen molar-refractivity contribution < 1.29 is 9.84 Å². The van der Waals surface area contributed by atoms with Gasteiger partial charge in [0.05, 0.1) is 12.1 Å². The van der Waals surface area contributed by atoms with Crippen LogP contribution in [0.25, 0.3) is 0 Å². The summed E-state index contributed by atoms with van der Waals surface area (Å²) < 4.78 is 5.93. The van der Waals surface area contributed by atoms with E-state index in [1.165, 1.54) is 31.2 Å². The molecule has 1 aromatic carbocycles. The number of rotatable bonds is 3. The van der Waals surface area contributed by atoms with Crippen molar-refractivity contribution >= 4 is 0 Å². The SMILES string of the molecule is OC1CC(c2ccc(OC3CCCC3)cc2)NN1. The van der Waals surface area contributed by atoms with Crippen LogP contribution in [-0.2, 0) is 0 Å². The third-order valence-corrected chi connectivity index (χ3v) is 3.77. The predicted octanol–water partition coefficient (Wildman–Crippen LogP) is 1.87. The fourth-order valence-electron chi connectivity index (χ4n) is 2.73. The van der Waals surface area contributed by atoms with Crippen molar-refractivity contribution in [3.05, 3.63) is 29.8 Å². The number of hydrogen-bond donors (Lipinski definition) is 3. The molecule has 98 valence electrons. The third-order valence-electron chi connectivity index (χ3n) is 3.77. The quantitative estimate of drug-likeness (QED) is 0.764. The van der Waals surface area contributed by atoms with Gasteiger partial charge in [-0.05, 0) is 43.4 Å². The zero-order valence-corrected chi connectivity index (χ0v) is 10.4. The average Bonchev–Trinajstić information content (AvgIpc) is 3.02. The highest BCUT2D eigenvalue weighted by molar-refractivity contribution is 5.29. The topological polar surface area (TPSA) is 53.5 Å². The first-order valence-electron chi connectivity index (χ1n) is 6.77. The van der Waals surface area contributed by atoms with Crippen molar-refractivity contribution in [3.63, 3.8) is 0 Å². The normalized spacial score (nSPS) is 28.7. The summed E-state index contributed by atoms with van der Waals surface area (Å²) >= 11 is 0. The summed E-state index contributed by atoms with van der Waals surface area (Å²) in [6, 6.07) is 8.38. The molecule has 0 aromatic heterocycles. The molecule has 1 saturated heterocycles. The summed E-state index contributed by atoms with van der Waals surface area (Å²) in [5.41, 5.74) is 7.07. The molecule has 18 heavy (non-hydrogen) atoms. The Morgan fingerprint density at radius 2 is 1.78 bits per heavy atom. The van der Waals surface area contributed by atoms with E-state index in [0.29, 0.717) is 12.5 Å². The van der Waals surface area contributed by atoms with Crippen LogP contribution in [0.5, 0.6) is 5.75 Å². The molecule has 2 fully saturated rings. The summed E-state index contributed by atoms with van der Waals surface area (Å²) in [7, 11) is 0. The van der Waals surface area contributed by atoms with E-state index >= 15 is 0 Å². The fraction of sp³-hybridized carbons (Fsp3) is 0.571. The molecule has 1 aliphatic heterocycles. The van der Waals surface area contributed by atoms with Crippen molar-refractivity contribution in [2.45, 2.75) is 50.5 Å². The van der Waals surface area contributed by atoms with Gasteiger partial charge in [-0.3, -0.25) is 0 Å². The maximum Gasteiger partial charge on any atom is 0.119 e. The number of nitrogens with one attached hydrogen (secondary N) is 2. The minimum atomic E-state index is -0.454. The number of benzene rings is 1. The van der Waals surface area contributed by atoms with Gasteiger partial charge >= 0.3 is 0 Å². The molecule has 1 saturated carbocycles. The largest absolute Gasteiger partial charge is 0.490 e. The van der Waals surface area contributed by atoms with Gasteiger partial charge in [-0.15, -0.1) is 0 Å². The third kappa shape index (κ3) is 2.66. The van der Waals surface area contributed by atoms with Gasteiger partial charge in [0, 0.05) is 6.42 Å². The molecule has 2 atom stereocenters. The minimum Gasteiger partial charge on any atom is -0.490 e. The van der Waals surface area contributed by atoms with Gasteiger partial charge in [-0.2, -0.15) is 0 Å². The van der Waals surface area contributed by atoms with Crippen LogP contribution < -0.4 is 15.6 Å². The highest BCUT2D eigenvalue weighted by Crippen LogP contribution is 2.26. The fourth-order valence-corrected chi connectivity index (χ4v) is 2.73. The van der Waals surface area contributed by atoms with Crippen LogP contribution >= 0.6 is 0 Å². The van der Waals surface area contributed by atoms with E-state index in [1.54, 1.807) is 0 Å². The van der Waals surface area contributed by atoms with E-state index < -0.39 is 6.23 Å². The standard InChI is InChI=1S/C14H20N2O2/c17-14-9-13(15-16-14)10-5-7-12(8-6-10)18-11-3-1-2-4-11/h5-8,11,13-17H,1-4,9H2. The zero-order valence-electron chi connectivity index (χ0n) is 10.4. The molecule has 4 nitrogen and oxygen atoms in total. The first-order valence-corrected chi connectivity index (χ1v) is 6.77. The Bertz CT molecular complexity index is 387. The van der Waals surface area contributed by atoms with Crippen molar-refractivity contribution in [3.8, 4) is 5.75 Å². The van der Waals surface area contributed by atoms with E-state index in [2.05, 4.69) is 23.0 Å². The molecule has 1 aliphatic carbocycles. The first kappa shape index (κ1) is 12.0. The smallest absolute Gasteiger partial charge is 0.119 e. The van der Waals surface area contributed by atoms with Crippen LogP contribution in [0.4, 0.5) is 0 Å². The summed E-state index contributed by atoms with van der Waals surface area (Å²) in [5, 5.41) is 9.41. The first-order chi connectivity index (χ1) is 8.81. The maximum atomic E-state index is 9.41. The highest BCUT2D eigenvalue weighted by atomic mass is 16.5. The van der Waals surface area contributed by atoms with Crippen molar-refractivity contribution in [2.24, 2.45) is 0 Å². The molecule has 0 bridgehead atoms. The summed E-state index contributed by atoms with van der Waals surface area (Å²) in [5.74, 6) is 0.956. The lowest BCUT2D eigenvalue weighted by molar-refractivity contribution is 0.153. The van der Waals surface area contributed by atoms with Crippen molar-refractivity contribution in [1.82, 2.24) is 10.9 Å². The van der Waals surface area contributed by atoms with Gasteiger partial charge in [0.25, 0.3) is 0 Å². The van der Waals surface area contributed by atoms with Gasteiger partial charge in [0.15, 0.2) is 0 Å². The van der Waals surface area contributed by atoms with Gasteiger partial charge < -0.3 is 9.84 Å². The molecule has 4 heteroatoms. The molecule has 1 heterocycles. The number of ether oxygens (including phenoxy) is 1. The Balaban J connectivity index is 1.61. The minimum absolute atomic E-state index is 0.181.